The first-order chi connectivity index (χ1) is 9.91. The number of unbranched alkanes of at least 4 members (excludes halogenated alkanes) is 13. The van der Waals surface area contributed by atoms with Gasteiger partial charge in [-0.1, -0.05) is 83.3 Å². The number of hydrogen-bond acceptors (Lipinski definition) is 1. The molecule has 1 N–H and O–H groups in total. The molecule has 120 valence electrons. The number of aliphatic hydroxyl groups is 1. The van der Waals surface area contributed by atoms with Crippen molar-refractivity contribution in [2.24, 2.45) is 0 Å². The first kappa shape index (κ1) is 19.7. The summed E-state index contributed by atoms with van der Waals surface area (Å²) in [6, 6.07) is 0. The molecule has 1 heteroatoms. The Morgan fingerprint density at radius 1 is 0.550 bits per heavy atom. The molecule has 0 amide bonds. The Balaban J connectivity index is 3.01. The third-order valence-corrected chi connectivity index (χ3v) is 3.92. The van der Waals surface area contributed by atoms with E-state index in [0.29, 0.717) is 6.61 Å². The Kier molecular flexibility index (Phi) is 18.4. The Bertz CT molecular complexity index is 186. The van der Waals surface area contributed by atoms with E-state index in [9.17, 15) is 0 Å². The minimum atomic E-state index is 0.360. The van der Waals surface area contributed by atoms with E-state index in [0.717, 1.165) is 6.42 Å². The Hall–Kier alpha value is -0.300. The molecule has 0 atom stereocenters. The lowest BCUT2D eigenvalue weighted by Crippen LogP contribution is -1.83. The van der Waals surface area contributed by atoms with Crippen molar-refractivity contribution < 1.29 is 5.11 Å². The molecule has 1 nitrogen and oxygen atoms in total. The predicted octanol–water partition coefficient (Wildman–Crippen LogP) is 6.41. The molecule has 0 aromatic carbocycles. The van der Waals surface area contributed by atoms with Crippen molar-refractivity contribution in [2.75, 3.05) is 6.61 Å². The van der Waals surface area contributed by atoms with Crippen LogP contribution in [0.5, 0.6) is 0 Å². The highest BCUT2D eigenvalue weighted by atomic mass is 16.2. The molecule has 20 heavy (non-hydrogen) atoms. The summed E-state index contributed by atoms with van der Waals surface area (Å²) in [6.45, 7) is 2.64. The van der Waals surface area contributed by atoms with Crippen molar-refractivity contribution in [1.29, 1.82) is 0 Å². The van der Waals surface area contributed by atoms with Crippen LogP contribution in [0.25, 0.3) is 0 Å². The number of aliphatic hydroxyl groups excluding tert-OH is 1. The maximum atomic E-state index is 8.67. The molecular formula is C19H38O. The Morgan fingerprint density at radius 2 is 0.950 bits per heavy atom. The van der Waals surface area contributed by atoms with Crippen molar-refractivity contribution in [3.05, 3.63) is 12.2 Å². The predicted molar refractivity (Wildman–Crippen MR) is 91.2 cm³/mol. The molecule has 0 saturated carbocycles. The lowest BCUT2D eigenvalue weighted by Gasteiger charge is -2.00. The van der Waals surface area contributed by atoms with Crippen molar-refractivity contribution in [2.45, 2.75) is 103 Å². The molecule has 0 fully saturated rings. The third-order valence-electron chi connectivity index (χ3n) is 3.92. The van der Waals surface area contributed by atoms with Crippen LogP contribution in [0.1, 0.15) is 103 Å². The zero-order chi connectivity index (χ0) is 14.7. The topological polar surface area (TPSA) is 20.2 Å². The van der Waals surface area contributed by atoms with Crippen LogP contribution >= 0.6 is 0 Å². The van der Waals surface area contributed by atoms with Gasteiger partial charge in [0.25, 0.3) is 0 Å². The summed E-state index contributed by atoms with van der Waals surface area (Å²) in [6.07, 6.45) is 24.7. The summed E-state index contributed by atoms with van der Waals surface area (Å²) in [7, 11) is 0. The van der Waals surface area contributed by atoms with Crippen LogP contribution in [0.3, 0.4) is 0 Å². The van der Waals surface area contributed by atoms with Gasteiger partial charge in [-0.05, 0) is 32.1 Å². The van der Waals surface area contributed by atoms with Crippen LogP contribution in [-0.4, -0.2) is 11.7 Å². The fourth-order valence-electron chi connectivity index (χ4n) is 2.54. The summed E-state index contributed by atoms with van der Waals surface area (Å²) in [5.74, 6) is 0. The monoisotopic (exact) mass is 282 g/mol. The average Bonchev–Trinajstić information content (AvgIpc) is 2.47. The molecule has 0 spiro atoms. The summed E-state index contributed by atoms with van der Waals surface area (Å²) in [5.41, 5.74) is 0. The highest BCUT2D eigenvalue weighted by Crippen LogP contribution is 2.10. The summed E-state index contributed by atoms with van der Waals surface area (Å²) >= 11 is 0. The van der Waals surface area contributed by atoms with Gasteiger partial charge in [-0.15, -0.1) is 0 Å². The van der Waals surface area contributed by atoms with E-state index < -0.39 is 0 Å². The van der Waals surface area contributed by atoms with Gasteiger partial charge in [0.15, 0.2) is 0 Å². The third kappa shape index (κ3) is 17.7. The fourth-order valence-corrected chi connectivity index (χ4v) is 2.54. The standard InChI is InChI=1S/C19H38O/c1-2-3-4-5-6-7-8-9-10-11-12-13-14-15-16-17-18-19-20/h11-12,20H,2-10,13-19H2,1H3. The van der Waals surface area contributed by atoms with Gasteiger partial charge in [0.05, 0.1) is 0 Å². The second-order valence-corrected chi connectivity index (χ2v) is 6.02. The van der Waals surface area contributed by atoms with Crippen LogP contribution in [-0.2, 0) is 0 Å². The maximum Gasteiger partial charge on any atom is 0.0431 e. The highest BCUT2D eigenvalue weighted by Gasteiger charge is 1.91. The van der Waals surface area contributed by atoms with Crippen LogP contribution in [0.2, 0.25) is 0 Å². The Labute approximate surface area is 127 Å². The molecule has 0 aliphatic heterocycles. The second-order valence-electron chi connectivity index (χ2n) is 6.02. The Morgan fingerprint density at radius 3 is 1.40 bits per heavy atom. The summed E-state index contributed by atoms with van der Waals surface area (Å²) in [5, 5.41) is 8.67. The molecule has 0 aliphatic rings. The molecule has 0 bridgehead atoms. The molecule has 0 aromatic heterocycles. The second kappa shape index (κ2) is 18.7. The molecule has 0 heterocycles. The van der Waals surface area contributed by atoms with E-state index in [4.69, 9.17) is 5.11 Å². The van der Waals surface area contributed by atoms with Crippen molar-refractivity contribution in [3.8, 4) is 0 Å². The van der Waals surface area contributed by atoms with Crippen molar-refractivity contribution >= 4 is 0 Å². The van der Waals surface area contributed by atoms with Gasteiger partial charge >= 0.3 is 0 Å². The lowest BCUT2D eigenvalue weighted by molar-refractivity contribution is 0.282. The van der Waals surface area contributed by atoms with E-state index in [1.807, 2.05) is 0 Å². The van der Waals surface area contributed by atoms with Gasteiger partial charge < -0.3 is 5.11 Å². The molecule has 0 aromatic rings. The van der Waals surface area contributed by atoms with Gasteiger partial charge in [0.2, 0.25) is 0 Å². The van der Waals surface area contributed by atoms with E-state index in [1.165, 1.54) is 89.9 Å². The van der Waals surface area contributed by atoms with Crippen molar-refractivity contribution in [3.63, 3.8) is 0 Å². The van der Waals surface area contributed by atoms with Crippen LogP contribution in [0.15, 0.2) is 12.2 Å². The van der Waals surface area contributed by atoms with Crippen molar-refractivity contribution in [1.82, 2.24) is 0 Å². The van der Waals surface area contributed by atoms with Gasteiger partial charge in [0.1, 0.15) is 0 Å². The quantitative estimate of drug-likeness (QED) is 0.256. The largest absolute Gasteiger partial charge is 0.396 e. The number of hydrogen-bond donors (Lipinski definition) is 1. The van der Waals surface area contributed by atoms with Crippen LogP contribution in [0, 0.1) is 0 Å². The lowest BCUT2D eigenvalue weighted by atomic mass is 10.1. The zero-order valence-electron chi connectivity index (χ0n) is 13.9. The van der Waals surface area contributed by atoms with E-state index in [1.54, 1.807) is 0 Å². The molecule has 0 rings (SSSR count). The molecule has 0 aliphatic carbocycles. The van der Waals surface area contributed by atoms with Gasteiger partial charge in [0, 0.05) is 6.61 Å². The minimum Gasteiger partial charge on any atom is -0.396 e. The SMILES string of the molecule is CCCCCCCCCCC=CCCCCCCCO. The number of rotatable bonds is 16. The normalized spacial score (nSPS) is 11.5. The van der Waals surface area contributed by atoms with E-state index >= 15 is 0 Å². The molecular weight excluding hydrogens is 244 g/mol. The molecule has 0 unspecified atom stereocenters. The van der Waals surface area contributed by atoms with Gasteiger partial charge in [-0.3, -0.25) is 0 Å². The summed E-state index contributed by atoms with van der Waals surface area (Å²) in [4.78, 5) is 0. The van der Waals surface area contributed by atoms with Gasteiger partial charge in [-0.25, -0.2) is 0 Å². The van der Waals surface area contributed by atoms with Crippen LogP contribution < -0.4 is 0 Å². The first-order valence-electron chi connectivity index (χ1n) is 9.17. The number of allylic oxidation sites excluding steroid dienone is 2. The first-order valence-corrected chi connectivity index (χ1v) is 9.17. The molecule has 0 radical (unpaired) electrons. The smallest absolute Gasteiger partial charge is 0.0431 e. The zero-order valence-corrected chi connectivity index (χ0v) is 13.9. The van der Waals surface area contributed by atoms with Gasteiger partial charge in [-0.2, -0.15) is 0 Å². The summed E-state index contributed by atoms with van der Waals surface area (Å²) < 4.78 is 0. The highest BCUT2D eigenvalue weighted by molar-refractivity contribution is 4.81. The van der Waals surface area contributed by atoms with E-state index in [-0.39, 0.29) is 0 Å². The average molecular weight is 283 g/mol. The maximum absolute atomic E-state index is 8.67. The fraction of sp³-hybridized carbons (Fsp3) is 0.895. The van der Waals surface area contributed by atoms with E-state index in [2.05, 4.69) is 19.1 Å². The minimum absolute atomic E-state index is 0.360. The molecule has 0 saturated heterocycles. The van der Waals surface area contributed by atoms with Crippen LogP contribution in [0.4, 0.5) is 0 Å².